The third-order valence-electron chi connectivity index (χ3n) is 5.67. The predicted molar refractivity (Wildman–Crippen MR) is 117 cm³/mol. The maximum absolute atomic E-state index is 2.44. The monoisotopic (exact) mass is 354 g/mol. The Labute approximate surface area is 157 Å². The highest BCUT2D eigenvalue weighted by molar-refractivity contribution is 7.46. The summed E-state index contributed by atoms with van der Waals surface area (Å²) in [5.74, 6) is 0. The third-order valence-corrected chi connectivity index (χ3v) is 6.80. The molecule has 2 aromatic rings. The lowest BCUT2D eigenvalue weighted by Gasteiger charge is -2.25. The Morgan fingerprint density at radius 1 is 0.680 bits per heavy atom. The van der Waals surface area contributed by atoms with Gasteiger partial charge in [0.25, 0.3) is 0 Å². The minimum atomic E-state index is 0.836. The second kappa shape index (κ2) is 8.50. The zero-order chi connectivity index (χ0) is 18.7. The van der Waals surface area contributed by atoms with E-state index in [0.29, 0.717) is 0 Å². The van der Waals surface area contributed by atoms with Crippen LogP contribution in [0.5, 0.6) is 0 Å². The molecule has 2 rings (SSSR count). The third kappa shape index (κ3) is 3.85. The van der Waals surface area contributed by atoms with E-state index in [-0.39, 0.29) is 0 Å². The second-order valence-electron chi connectivity index (χ2n) is 7.46. The van der Waals surface area contributed by atoms with Gasteiger partial charge in [0.1, 0.15) is 0 Å². The minimum Gasteiger partial charge on any atom is -0.0926 e. The Morgan fingerprint density at radius 3 is 1.60 bits per heavy atom. The van der Waals surface area contributed by atoms with Gasteiger partial charge in [-0.1, -0.05) is 53.0 Å². The van der Waals surface area contributed by atoms with E-state index in [9.17, 15) is 0 Å². The SMILES string of the molecule is CCCc1cc(C)cc(CCC)c1-c1c(C)c(C)c(C)c(C)c1PC. The van der Waals surface area contributed by atoms with Gasteiger partial charge in [-0.2, -0.15) is 0 Å². The van der Waals surface area contributed by atoms with Crippen molar-refractivity contribution in [2.75, 3.05) is 6.66 Å². The lowest BCUT2D eigenvalue weighted by atomic mass is 9.83. The molecule has 1 atom stereocenters. The molecule has 0 fully saturated rings. The highest BCUT2D eigenvalue weighted by atomic mass is 31.1. The molecule has 0 bridgehead atoms. The van der Waals surface area contributed by atoms with Gasteiger partial charge in [-0.25, -0.2) is 0 Å². The number of rotatable bonds is 6. The van der Waals surface area contributed by atoms with Crippen molar-refractivity contribution in [2.45, 2.75) is 74.1 Å². The van der Waals surface area contributed by atoms with Crippen molar-refractivity contribution in [3.8, 4) is 11.1 Å². The highest BCUT2D eigenvalue weighted by Gasteiger charge is 2.20. The average molecular weight is 355 g/mol. The quantitative estimate of drug-likeness (QED) is 0.504. The summed E-state index contributed by atoms with van der Waals surface area (Å²) >= 11 is 0. The molecule has 0 radical (unpaired) electrons. The Hall–Kier alpha value is -1.13. The molecule has 136 valence electrons. The predicted octanol–water partition coefficient (Wildman–Crippen LogP) is 6.73. The van der Waals surface area contributed by atoms with Crippen molar-refractivity contribution in [2.24, 2.45) is 0 Å². The summed E-state index contributed by atoms with van der Waals surface area (Å²) in [6.07, 6.45) is 4.75. The molecule has 0 heterocycles. The molecule has 1 unspecified atom stereocenters. The van der Waals surface area contributed by atoms with Crippen molar-refractivity contribution in [3.63, 3.8) is 0 Å². The Balaban J connectivity index is 2.94. The van der Waals surface area contributed by atoms with E-state index < -0.39 is 0 Å². The van der Waals surface area contributed by atoms with Gasteiger partial charge in [0, 0.05) is 0 Å². The molecule has 0 N–H and O–H groups in total. The molecule has 0 aliphatic carbocycles. The van der Waals surface area contributed by atoms with Crippen LogP contribution >= 0.6 is 8.58 Å². The van der Waals surface area contributed by atoms with Gasteiger partial charge in [-0.05, 0) is 104 Å². The largest absolute Gasteiger partial charge is 0.0926 e. The van der Waals surface area contributed by atoms with Gasteiger partial charge in [-0.15, -0.1) is 0 Å². The van der Waals surface area contributed by atoms with Crippen LogP contribution in [0.1, 0.15) is 65.6 Å². The van der Waals surface area contributed by atoms with Crippen molar-refractivity contribution >= 4 is 13.9 Å². The first-order valence-corrected chi connectivity index (χ1v) is 11.3. The standard InChI is InChI=1S/C24H35P/c1-9-11-20-13-15(3)14-21(12-10-2)23(20)22-18(6)16(4)17(5)19(7)24(22)25-8/h13-14,25H,9-12H2,1-8H3. The zero-order valence-corrected chi connectivity index (χ0v) is 18.5. The molecule has 0 aromatic heterocycles. The fourth-order valence-electron chi connectivity index (χ4n) is 4.13. The Morgan fingerprint density at radius 2 is 1.16 bits per heavy atom. The smallest absolute Gasteiger partial charge is 0.00694 e. The molecule has 0 aliphatic heterocycles. The second-order valence-corrected chi connectivity index (χ2v) is 8.46. The first-order valence-electron chi connectivity index (χ1n) is 9.78. The number of aryl methyl sites for hydroxylation is 3. The fourth-order valence-corrected chi connectivity index (χ4v) is 5.26. The molecular formula is C24H35P. The molecule has 1 heteroatoms. The summed E-state index contributed by atoms with van der Waals surface area (Å²) in [7, 11) is 0.836. The van der Waals surface area contributed by atoms with Gasteiger partial charge >= 0.3 is 0 Å². The Kier molecular flexibility index (Phi) is 6.86. The van der Waals surface area contributed by atoms with E-state index in [1.807, 2.05) is 0 Å². The molecule has 0 amide bonds. The van der Waals surface area contributed by atoms with Crippen molar-refractivity contribution in [1.82, 2.24) is 0 Å². The van der Waals surface area contributed by atoms with Gasteiger partial charge < -0.3 is 0 Å². The van der Waals surface area contributed by atoms with Crippen LogP contribution in [0.25, 0.3) is 11.1 Å². The van der Waals surface area contributed by atoms with Gasteiger partial charge in [0.05, 0.1) is 0 Å². The van der Waals surface area contributed by atoms with E-state index in [0.717, 1.165) is 8.58 Å². The number of hydrogen-bond donors (Lipinski definition) is 0. The van der Waals surface area contributed by atoms with Crippen molar-refractivity contribution in [3.05, 3.63) is 51.1 Å². The lowest BCUT2D eigenvalue weighted by Crippen LogP contribution is -2.14. The molecule has 2 aromatic carbocycles. The summed E-state index contributed by atoms with van der Waals surface area (Å²) in [5, 5.41) is 1.58. The van der Waals surface area contributed by atoms with Gasteiger partial charge in [-0.3, -0.25) is 0 Å². The number of hydrogen-bond acceptors (Lipinski definition) is 0. The Bertz CT molecular complexity index is 741. The van der Waals surface area contributed by atoms with E-state index in [1.165, 1.54) is 53.5 Å². The molecule has 0 aliphatic rings. The fraction of sp³-hybridized carbons (Fsp3) is 0.500. The zero-order valence-electron chi connectivity index (χ0n) is 17.5. The van der Waals surface area contributed by atoms with E-state index >= 15 is 0 Å². The molecule has 0 spiro atoms. The normalized spacial score (nSPS) is 11.7. The maximum atomic E-state index is 2.44. The molecule has 0 saturated heterocycles. The molecular weight excluding hydrogens is 319 g/mol. The van der Waals surface area contributed by atoms with Crippen LogP contribution in [0, 0.1) is 34.6 Å². The van der Waals surface area contributed by atoms with E-state index in [4.69, 9.17) is 0 Å². The topological polar surface area (TPSA) is 0 Å². The molecule has 0 nitrogen and oxygen atoms in total. The average Bonchev–Trinajstić information content (AvgIpc) is 2.57. The minimum absolute atomic E-state index is 0.836. The van der Waals surface area contributed by atoms with Gasteiger partial charge in [0.15, 0.2) is 0 Å². The van der Waals surface area contributed by atoms with E-state index in [2.05, 4.69) is 67.3 Å². The van der Waals surface area contributed by atoms with Crippen LogP contribution in [-0.2, 0) is 12.8 Å². The number of benzene rings is 2. The highest BCUT2D eigenvalue weighted by Crippen LogP contribution is 2.37. The van der Waals surface area contributed by atoms with Crippen molar-refractivity contribution < 1.29 is 0 Å². The molecule has 25 heavy (non-hydrogen) atoms. The first kappa shape index (κ1) is 20.2. The summed E-state index contributed by atoms with van der Waals surface area (Å²) in [4.78, 5) is 0. The lowest BCUT2D eigenvalue weighted by molar-refractivity contribution is 0.895. The van der Waals surface area contributed by atoms with Crippen LogP contribution in [-0.4, -0.2) is 6.66 Å². The first-order chi connectivity index (χ1) is 11.9. The summed E-state index contributed by atoms with van der Waals surface area (Å²) in [6, 6.07) is 4.87. The summed E-state index contributed by atoms with van der Waals surface area (Å²) in [6.45, 7) is 18.4. The van der Waals surface area contributed by atoms with Crippen LogP contribution < -0.4 is 5.30 Å². The van der Waals surface area contributed by atoms with Crippen LogP contribution in [0.2, 0.25) is 0 Å². The molecule has 0 saturated carbocycles. The maximum Gasteiger partial charge on any atom is -0.00694 e. The van der Waals surface area contributed by atoms with Crippen LogP contribution in [0.3, 0.4) is 0 Å². The van der Waals surface area contributed by atoms with Crippen LogP contribution in [0.15, 0.2) is 12.1 Å². The van der Waals surface area contributed by atoms with Gasteiger partial charge in [0.2, 0.25) is 0 Å². The van der Waals surface area contributed by atoms with Crippen LogP contribution in [0.4, 0.5) is 0 Å². The summed E-state index contributed by atoms with van der Waals surface area (Å²) < 4.78 is 0. The van der Waals surface area contributed by atoms with Crippen molar-refractivity contribution in [1.29, 1.82) is 0 Å². The van der Waals surface area contributed by atoms with E-state index in [1.54, 1.807) is 27.6 Å². The summed E-state index contributed by atoms with van der Waals surface area (Å²) in [5.41, 5.74) is 13.6.